The summed E-state index contributed by atoms with van der Waals surface area (Å²) in [5.41, 5.74) is 10.9. The summed E-state index contributed by atoms with van der Waals surface area (Å²) in [4.78, 5) is 0. The van der Waals surface area contributed by atoms with Gasteiger partial charge in [-0.2, -0.15) is 15.8 Å². The maximum atomic E-state index is 10.7. The first kappa shape index (κ1) is 28.8. The first-order valence-corrected chi connectivity index (χ1v) is 16.3. The second-order valence-electron chi connectivity index (χ2n) is 12.3. The summed E-state index contributed by atoms with van der Waals surface area (Å²) in [5.74, 6) is 0. The van der Waals surface area contributed by atoms with E-state index >= 15 is 0 Å². The number of hydrogen-bond acceptors (Lipinski definition) is 3. The molecule has 0 saturated heterocycles. The molecular formula is C45H25N5. The monoisotopic (exact) mass is 635 g/mol. The maximum Gasteiger partial charge on any atom is 0.101 e. The molecule has 2 heterocycles. The number of hydrogen-bond donors (Lipinski definition) is 0. The summed E-state index contributed by atoms with van der Waals surface area (Å²) >= 11 is 0. The molecule has 0 aliphatic heterocycles. The minimum Gasteiger partial charge on any atom is -0.309 e. The van der Waals surface area contributed by atoms with E-state index in [4.69, 9.17) is 0 Å². The summed E-state index contributed by atoms with van der Waals surface area (Å²) in [6.45, 7) is 0. The standard InChI is InChI=1S/C45H25N5/c46-26-29-19-24-44-39(25-29)38-15-7-9-31(27-47)45(38)50(44)43-18-6-1-10-35(43)34-14-8-13-33(40(34)28-48)30-20-22-32(23-21-30)49-41-16-4-2-11-36(41)37-12-3-5-17-42(37)49/h1-25H. The van der Waals surface area contributed by atoms with Crippen molar-refractivity contribution < 1.29 is 0 Å². The van der Waals surface area contributed by atoms with Gasteiger partial charge >= 0.3 is 0 Å². The van der Waals surface area contributed by atoms with Gasteiger partial charge in [0, 0.05) is 43.9 Å². The van der Waals surface area contributed by atoms with E-state index in [0.717, 1.165) is 66.5 Å². The number of nitriles is 3. The minimum absolute atomic E-state index is 0.532. The third-order valence-corrected chi connectivity index (χ3v) is 9.66. The zero-order valence-corrected chi connectivity index (χ0v) is 26.7. The molecule has 9 aromatic rings. The van der Waals surface area contributed by atoms with Crippen LogP contribution in [0.1, 0.15) is 16.7 Å². The molecule has 0 unspecified atom stereocenters. The molecule has 7 aromatic carbocycles. The average molecular weight is 636 g/mol. The molecule has 9 rings (SSSR count). The van der Waals surface area contributed by atoms with Crippen molar-refractivity contribution in [2.24, 2.45) is 0 Å². The number of benzene rings is 7. The van der Waals surface area contributed by atoms with Gasteiger partial charge in [0.1, 0.15) is 12.1 Å². The third kappa shape index (κ3) is 4.24. The lowest BCUT2D eigenvalue weighted by atomic mass is 9.91. The summed E-state index contributed by atoms with van der Waals surface area (Å²) in [6.07, 6.45) is 0. The van der Waals surface area contributed by atoms with Crippen LogP contribution in [0.2, 0.25) is 0 Å². The van der Waals surface area contributed by atoms with Crippen LogP contribution in [0.25, 0.3) is 77.2 Å². The molecule has 0 N–H and O–H groups in total. The normalized spacial score (nSPS) is 11.1. The van der Waals surface area contributed by atoms with Gasteiger partial charge in [0.25, 0.3) is 0 Å². The lowest BCUT2D eigenvalue weighted by Gasteiger charge is -2.17. The lowest BCUT2D eigenvalue weighted by Crippen LogP contribution is -2.00. The van der Waals surface area contributed by atoms with E-state index in [-0.39, 0.29) is 0 Å². The van der Waals surface area contributed by atoms with Crippen LogP contribution in [0.3, 0.4) is 0 Å². The largest absolute Gasteiger partial charge is 0.309 e. The van der Waals surface area contributed by atoms with Crippen LogP contribution in [0.15, 0.2) is 152 Å². The molecule has 5 heteroatoms. The Hall–Kier alpha value is -7.39. The number of aromatic nitrogens is 2. The predicted molar refractivity (Wildman–Crippen MR) is 200 cm³/mol. The fraction of sp³-hybridized carbons (Fsp3) is 0. The Bertz CT molecular complexity index is 2900. The maximum absolute atomic E-state index is 10.7. The van der Waals surface area contributed by atoms with Gasteiger partial charge in [0.15, 0.2) is 0 Å². The van der Waals surface area contributed by atoms with Crippen molar-refractivity contribution in [2.45, 2.75) is 0 Å². The molecule has 0 aliphatic carbocycles. The van der Waals surface area contributed by atoms with Crippen LogP contribution in [0.5, 0.6) is 0 Å². The molecule has 0 saturated carbocycles. The Morgan fingerprint density at radius 1 is 0.420 bits per heavy atom. The molecule has 5 nitrogen and oxygen atoms in total. The highest BCUT2D eigenvalue weighted by Gasteiger charge is 2.21. The summed E-state index contributed by atoms with van der Waals surface area (Å²) in [5, 5.41) is 34.8. The number of rotatable bonds is 4. The SMILES string of the molecule is N#Cc1ccc2c(c1)c1cccc(C#N)c1n2-c1ccccc1-c1cccc(-c2ccc(-n3c4ccccc4c4ccccc43)cc2)c1C#N. The fourth-order valence-electron chi connectivity index (χ4n) is 7.50. The van der Waals surface area contributed by atoms with Crippen LogP contribution in [0.4, 0.5) is 0 Å². The highest BCUT2D eigenvalue weighted by atomic mass is 15.0. The van der Waals surface area contributed by atoms with Crippen molar-refractivity contribution in [3.05, 3.63) is 168 Å². The topological polar surface area (TPSA) is 81.2 Å². The van der Waals surface area contributed by atoms with Crippen molar-refractivity contribution in [2.75, 3.05) is 0 Å². The molecule has 230 valence electrons. The summed E-state index contributed by atoms with van der Waals surface area (Å²) in [6, 6.07) is 57.7. The number of nitrogens with zero attached hydrogens (tertiary/aromatic N) is 5. The number of fused-ring (bicyclic) bond motifs is 6. The van der Waals surface area contributed by atoms with E-state index in [1.54, 1.807) is 6.07 Å². The van der Waals surface area contributed by atoms with E-state index in [2.05, 4.69) is 100 Å². The van der Waals surface area contributed by atoms with Gasteiger partial charge in [-0.15, -0.1) is 0 Å². The predicted octanol–water partition coefficient (Wildman–Crippen LogP) is 10.8. The molecule has 0 atom stereocenters. The van der Waals surface area contributed by atoms with E-state index in [1.807, 2.05) is 72.8 Å². The highest BCUT2D eigenvalue weighted by Crippen LogP contribution is 2.40. The van der Waals surface area contributed by atoms with Crippen LogP contribution in [-0.2, 0) is 0 Å². The van der Waals surface area contributed by atoms with Gasteiger partial charge < -0.3 is 9.13 Å². The van der Waals surface area contributed by atoms with Crippen molar-refractivity contribution in [3.8, 4) is 51.8 Å². The Kier molecular flexibility index (Phi) is 6.56. The van der Waals surface area contributed by atoms with Gasteiger partial charge in [0.05, 0.1) is 50.5 Å². The van der Waals surface area contributed by atoms with E-state index < -0.39 is 0 Å². The van der Waals surface area contributed by atoms with E-state index in [0.29, 0.717) is 16.7 Å². The van der Waals surface area contributed by atoms with Gasteiger partial charge in [-0.3, -0.25) is 0 Å². The van der Waals surface area contributed by atoms with Crippen molar-refractivity contribution in [1.29, 1.82) is 15.8 Å². The molecule has 50 heavy (non-hydrogen) atoms. The van der Waals surface area contributed by atoms with Crippen molar-refractivity contribution in [1.82, 2.24) is 9.13 Å². The number of para-hydroxylation sites is 4. The summed E-state index contributed by atoms with van der Waals surface area (Å²) < 4.78 is 4.38. The lowest BCUT2D eigenvalue weighted by molar-refractivity contribution is 1.18. The smallest absolute Gasteiger partial charge is 0.101 e. The molecule has 0 bridgehead atoms. The molecule has 0 fully saturated rings. The Morgan fingerprint density at radius 3 is 1.76 bits per heavy atom. The zero-order chi connectivity index (χ0) is 33.8. The Balaban J connectivity index is 1.22. The quantitative estimate of drug-likeness (QED) is 0.193. The third-order valence-electron chi connectivity index (χ3n) is 9.66. The molecule has 0 radical (unpaired) electrons. The van der Waals surface area contributed by atoms with Gasteiger partial charge in [-0.05, 0) is 60.2 Å². The second-order valence-corrected chi connectivity index (χ2v) is 12.3. The average Bonchev–Trinajstić information content (AvgIpc) is 3.70. The molecular weight excluding hydrogens is 611 g/mol. The molecule has 2 aromatic heterocycles. The van der Waals surface area contributed by atoms with Crippen molar-refractivity contribution >= 4 is 43.6 Å². The van der Waals surface area contributed by atoms with Crippen LogP contribution in [-0.4, -0.2) is 9.13 Å². The summed E-state index contributed by atoms with van der Waals surface area (Å²) in [7, 11) is 0. The van der Waals surface area contributed by atoms with Gasteiger partial charge in [-0.25, -0.2) is 0 Å². The van der Waals surface area contributed by atoms with Gasteiger partial charge in [-0.1, -0.05) is 97.1 Å². The molecule has 0 spiro atoms. The first-order chi connectivity index (χ1) is 24.7. The molecule has 0 aliphatic rings. The van der Waals surface area contributed by atoms with E-state index in [9.17, 15) is 15.8 Å². The van der Waals surface area contributed by atoms with Crippen molar-refractivity contribution in [3.63, 3.8) is 0 Å². The minimum atomic E-state index is 0.532. The van der Waals surface area contributed by atoms with Crippen LogP contribution in [0, 0.1) is 34.0 Å². The Morgan fingerprint density at radius 2 is 1.04 bits per heavy atom. The second kappa shape index (κ2) is 11.4. The van der Waals surface area contributed by atoms with Gasteiger partial charge in [0.2, 0.25) is 0 Å². The highest BCUT2D eigenvalue weighted by molar-refractivity contribution is 6.12. The fourth-order valence-corrected chi connectivity index (χ4v) is 7.50. The van der Waals surface area contributed by atoms with Crippen LogP contribution >= 0.6 is 0 Å². The zero-order valence-electron chi connectivity index (χ0n) is 26.7. The first-order valence-electron chi connectivity index (χ1n) is 16.3. The van der Waals surface area contributed by atoms with Crippen LogP contribution < -0.4 is 0 Å². The van der Waals surface area contributed by atoms with E-state index in [1.165, 1.54) is 10.8 Å². The Labute approximate surface area is 287 Å². The molecule has 0 amide bonds.